The van der Waals surface area contributed by atoms with Crippen molar-refractivity contribution < 1.29 is 8.78 Å². The molecule has 1 N–H and O–H groups in total. The standard InChI is InChI=1S/C15H15F2NS/c1-10(13-4-3-5-14(16)15(13)17)18-11-6-8-12(19-2)9-7-11/h3-10,18H,1-2H3. The molecule has 2 rings (SSSR count). The Bertz CT molecular complexity index is 555. The average molecular weight is 279 g/mol. The van der Waals surface area contributed by atoms with Gasteiger partial charge < -0.3 is 5.32 Å². The van der Waals surface area contributed by atoms with Crippen LogP contribution in [0.15, 0.2) is 47.4 Å². The van der Waals surface area contributed by atoms with Crippen molar-refractivity contribution in [3.8, 4) is 0 Å². The smallest absolute Gasteiger partial charge is 0.164 e. The molecule has 100 valence electrons. The van der Waals surface area contributed by atoms with Gasteiger partial charge in [-0.25, -0.2) is 8.78 Å². The summed E-state index contributed by atoms with van der Waals surface area (Å²) in [6.45, 7) is 1.81. The second kappa shape index (κ2) is 6.06. The summed E-state index contributed by atoms with van der Waals surface area (Å²) in [7, 11) is 0. The highest BCUT2D eigenvalue weighted by Crippen LogP contribution is 2.24. The fraction of sp³-hybridized carbons (Fsp3) is 0.200. The second-order valence-electron chi connectivity index (χ2n) is 4.24. The summed E-state index contributed by atoms with van der Waals surface area (Å²) in [5.74, 6) is -1.60. The van der Waals surface area contributed by atoms with Gasteiger partial charge in [0.15, 0.2) is 11.6 Å². The number of thioether (sulfide) groups is 1. The molecule has 0 saturated carbocycles. The molecule has 0 amide bonds. The first kappa shape index (κ1) is 13.9. The van der Waals surface area contributed by atoms with E-state index in [1.807, 2.05) is 30.5 Å². The number of benzene rings is 2. The quantitative estimate of drug-likeness (QED) is 0.802. The molecule has 2 aromatic carbocycles. The number of hydrogen-bond acceptors (Lipinski definition) is 2. The van der Waals surface area contributed by atoms with Crippen molar-refractivity contribution >= 4 is 17.4 Å². The Hall–Kier alpha value is -1.55. The predicted molar refractivity (Wildman–Crippen MR) is 76.6 cm³/mol. The Kier molecular flexibility index (Phi) is 4.43. The van der Waals surface area contributed by atoms with Crippen molar-refractivity contribution in [2.45, 2.75) is 17.9 Å². The molecule has 0 spiro atoms. The van der Waals surface area contributed by atoms with E-state index in [2.05, 4.69) is 5.32 Å². The first-order valence-corrected chi connectivity index (χ1v) is 7.19. The summed E-state index contributed by atoms with van der Waals surface area (Å²) in [6.07, 6.45) is 2.01. The first-order chi connectivity index (χ1) is 9.11. The predicted octanol–water partition coefficient (Wildman–Crippen LogP) is 4.86. The molecule has 0 aliphatic rings. The first-order valence-electron chi connectivity index (χ1n) is 5.96. The fourth-order valence-electron chi connectivity index (χ4n) is 1.87. The van der Waals surface area contributed by atoms with Crippen molar-refractivity contribution in [3.63, 3.8) is 0 Å². The van der Waals surface area contributed by atoms with Gasteiger partial charge in [-0.2, -0.15) is 0 Å². The van der Waals surface area contributed by atoms with Crippen LogP contribution in [0.25, 0.3) is 0 Å². The molecule has 1 nitrogen and oxygen atoms in total. The summed E-state index contributed by atoms with van der Waals surface area (Å²) in [4.78, 5) is 1.16. The molecule has 0 aliphatic heterocycles. The van der Waals surface area contributed by atoms with Crippen molar-refractivity contribution in [2.75, 3.05) is 11.6 Å². The van der Waals surface area contributed by atoms with Crippen LogP contribution in [0.2, 0.25) is 0 Å². The topological polar surface area (TPSA) is 12.0 Å². The highest BCUT2D eigenvalue weighted by Gasteiger charge is 2.13. The highest BCUT2D eigenvalue weighted by atomic mass is 32.2. The maximum Gasteiger partial charge on any atom is 0.164 e. The number of hydrogen-bond donors (Lipinski definition) is 1. The zero-order valence-electron chi connectivity index (χ0n) is 10.8. The highest BCUT2D eigenvalue weighted by molar-refractivity contribution is 7.98. The van der Waals surface area contributed by atoms with E-state index in [1.54, 1.807) is 24.8 Å². The minimum absolute atomic E-state index is 0.296. The summed E-state index contributed by atoms with van der Waals surface area (Å²) in [6, 6.07) is 11.8. The van der Waals surface area contributed by atoms with Crippen molar-refractivity contribution in [2.24, 2.45) is 0 Å². The summed E-state index contributed by atoms with van der Waals surface area (Å²) >= 11 is 1.66. The third-order valence-corrected chi connectivity index (χ3v) is 3.66. The van der Waals surface area contributed by atoms with E-state index in [9.17, 15) is 8.78 Å². The SMILES string of the molecule is CSc1ccc(NC(C)c2cccc(F)c2F)cc1. The number of rotatable bonds is 4. The Morgan fingerprint density at radius 2 is 1.74 bits per heavy atom. The maximum absolute atomic E-state index is 13.7. The van der Waals surface area contributed by atoms with Crippen molar-refractivity contribution in [1.82, 2.24) is 0 Å². The minimum Gasteiger partial charge on any atom is -0.378 e. The molecule has 2 aromatic rings. The third-order valence-electron chi connectivity index (χ3n) is 2.92. The fourth-order valence-corrected chi connectivity index (χ4v) is 2.28. The Balaban J connectivity index is 2.15. The van der Waals surface area contributed by atoms with Gasteiger partial charge in [0.05, 0.1) is 6.04 Å². The molecule has 0 bridgehead atoms. The summed E-state index contributed by atoms with van der Waals surface area (Å²) in [5, 5.41) is 3.16. The summed E-state index contributed by atoms with van der Waals surface area (Å²) in [5.41, 5.74) is 1.21. The largest absolute Gasteiger partial charge is 0.378 e. The van der Waals surface area contributed by atoms with Gasteiger partial charge in [-0.15, -0.1) is 11.8 Å². The maximum atomic E-state index is 13.7. The molecule has 0 fully saturated rings. The van der Waals surface area contributed by atoms with E-state index in [1.165, 1.54) is 6.07 Å². The van der Waals surface area contributed by atoms with Gasteiger partial charge in [-0.1, -0.05) is 12.1 Å². The molecule has 0 aromatic heterocycles. The van der Waals surface area contributed by atoms with Crippen LogP contribution in [0, 0.1) is 11.6 Å². The van der Waals surface area contributed by atoms with Crippen molar-refractivity contribution in [1.29, 1.82) is 0 Å². The minimum atomic E-state index is -0.816. The van der Waals surface area contributed by atoms with Crippen LogP contribution >= 0.6 is 11.8 Å². The zero-order chi connectivity index (χ0) is 13.8. The lowest BCUT2D eigenvalue weighted by Crippen LogP contribution is -2.09. The second-order valence-corrected chi connectivity index (χ2v) is 5.12. The van der Waals surface area contributed by atoms with E-state index in [0.29, 0.717) is 5.56 Å². The lowest BCUT2D eigenvalue weighted by Gasteiger charge is -2.16. The van der Waals surface area contributed by atoms with E-state index in [-0.39, 0.29) is 6.04 Å². The molecule has 0 radical (unpaired) electrons. The lowest BCUT2D eigenvalue weighted by molar-refractivity contribution is 0.494. The van der Waals surface area contributed by atoms with E-state index in [4.69, 9.17) is 0 Å². The van der Waals surface area contributed by atoms with Crippen molar-refractivity contribution in [3.05, 3.63) is 59.7 Å². The van der Waals surface area contributed by atoms with Crippen LogP contribution in [-0.2, 0) is 0 Å². The van der Waals surface area contributed by atoms with Gasteiger partial charge in [0.2, 0.25) is 0 Å². The van der Waals surface area contributed by atoms with Crippen LogP contribution in [0.4, 0.5) is 14.5 Å². The number of anilines is 1. The average Bonchev–Trinajstić information content (AvgIpc) is 2.42. The van der Waals surface area contributed by atoms with Crippen LogP contribution in [0.1, 0.15) is 18.5 Å². The molecule has 0 saturated heterocycles. The summed E-state index contributed by atoms with van der Waals surface area (Å²) < 4.78 is 26.8. The number of halogens is 2. The Morgan fingerprint density at radius 1 is 1.05 bits per heavy atom. The van der Waals surface area contributed by atoms with Gasteiger partial charge in [-0.05, 0) is 43.5 Å². The van der Waals surface area contributed by atoms with Crippen LogP contribution < -0.4 is 5.32 Å². The molecule has 19 heavy (non-hydrogen) atoms. The Labute approximate surface area is 116 Å². The molecule has 1 unspecified atom stereocenters. The molecule has 1 atom stereocenters. The van der Waals surface area contributed by atoms with Gasteiger partial charge in [0.1, 0.15) is 0 Å². The lowest BCUT2D eigenvalue weighted by atomic mass is 10.1. The number of nitrogens with one attached hydrogen (secondary N) is 1. The molecular weight excluding hydrogens is 264 g/mol. The third kappa shape index (κ3) is 3.26. The Morgan fingerprint density at radius 3 is 2.37 bits per heavy atom. The van der Waals surface area contributed by atoms with Gasteiger partial charge in [0, 0.05) is 16.1 Å². The normalized spacial score (nSPS) is 12.2. The zero-order valence-corrected chi connectivity index (χ0v) is 11.6. The van der Waals surface area contributed by atoms with E-state index >= 15 is 0 Å². The molecule has 0 aliphatic carbocycles. The van der Waals surface area contributed by atoms with Gasteiger partial charge in [0.25, 0.3) is 0 Å². The molecule has 0 heterocycles. The van der Waals surface area contributed by atoms with Crippen LogP contribution in [0.3, 0.4) is 0 Å². The van der Waals surface area contributed by atoms with Gasteiger partial charge in [-0.3, -0.25) is 0 Å². The van der Waals surface area contributed by atoms with Crippen LogP contribution in [-0.4, -0.2) is 6.26 Å². The van der Waals surface area contributed by atoms with Crippen LogP contribution in [0.5, 0.6) is 0 Å². The monoisotopic (exact) mass is 279 g/mol. The van der Waals surface area contributed by atoms with Gasteiger partial charge >= 0.3 is 0 Å². The van der Waals surface area contributed by atoms with E-state index < -0.39 is 11.6 Å². The molecular formula is C15H15F2NS. The molecule has 4 heteroatoms. The van der Waals surface area contributed by atoms with E-state index in [0.717, 1.165) is 16.6 Å².